The van der Waals surface area contributed by atoms with Gasteiger partial charge in [-0.2, -0.15) is 0 Å². The predicted octanol–water partition coefficient (Wildman–Crippen LogP) is 5.11. The standard InChI is InChI=1S/C21H26N4OS2/c1-2-12-25-20(17-13-27-18-11-7-6-10-16(17)18)23-24-21(25)28-14-19(26)22-15-8-4-3-5-9-15/h6-7,10-11,13,15H,2-5,8-9,12,14H2,1H3,(H,22,26). The van der Waals surface area contributed by atoms with Gasteiger partial charge in [0.1, 0.15) is 0 Å². The van der Waals surface area contributed by atoms with E-state index in [1.165, 1.54) is 41.1 Å². The van der Waals surface area contributed by atoms with E-state index in [9.17, 15) is 4.79 Å². The topological polar surface area (TPSA) is 59.8 Å². The largest absolute Gasteiger partial charge is 0.353 e. The number of carbonyl (C=O) groups is 1. The molecule has 1 aromatic carbocycles. The van der Waals surface area contributed by atoms with Gasteiger partial charge in [0.2, 0.25) is 5.91 Å². The Hall–Kier alpha value is -1.86. The fraction of sp³-hybridized carbons (Fsp3) is 0.476. The van der Waals surface area contributed by atoms with E-state index >= 15 is 0 Å². The lowest BCUT2D eigenvalue weighted by atomic mass is 9.95. The van der Waals surface area contributed by atoms with Crippen molar-refractivity contribution in [2.45, 2.75) is 63.2 Å². The number of fused-ring (bicyclic) bond motifs is 1. The molecule has 5 nitrogen and oxygen atoms in total. The number of thioether (sulfide) groups is 1. The molecule has 1 N–H and O–H groups in total. The third kappa shape index (κ3) is 4.25. The van der Waals surface area contributed by atoms with E-state index in [1.807, 2.05) is 0 Å². The minimum atomic E-state index is 0.102. The molecule has 2 aromatic heterocycles. The summed E-state index contributed by atoms with van der Waals surface area (Å²) in [7, 11) is 0. The van der Waals surface area contributed by atoms with Crippen LogP contribution in [0.2, 0.25) is 0 Å². The number of hydrogen-bond donors (Lipinski definition) is 1. The quantitative estimate of drug-likeness (QED) is 0.546. The second-order valence-corrected chi connectivity index (χ2v) is 9.15. The summed E-state index contributed by atoms with van der Waals surface area (Å²) in [6.45, 7) is 3.00. The summed E-state index contributed by atoms with van der Waals surface area (Å²) in [5.74, 6) is 1.39. The highest BCUT2D eigenvalue weighted by atomic mass is 32.2. The Bertz CT molecular complexity index is 943. The number of nitrogens with zero attached hydrogens (tertiary/aromatic N) is 3. The first kappa shape index (κ1) is 19.5. The van der Waals surface area contributed by atoms with Crippen molar-refractivity contribution in [1.82, 2.24) is 20.1 Å². The Balaban J connectivity index is 1.49. The summed E-state index contributed by atoms with van der Waals surface area (Å²) in [5, 5.41) is 16.3. The van der Waals surface area contributed by atoms with E-state index in [1.54, 1.807) is 11.3 Å². The van der Waals surface area contributed by atoms with Crippen molar-refractivity contribution in [2.24, 2.45) is 0 Å². The summed E-state index contributed by atoms with van der Waals surface area (Å²) in [5.41, 5.74) is 1.13. The zero-order valence-corrected chi connectivity index (χ0v) is 17.8. The maximum atomic E-state index is 12.4. The fourth-order valence-electron chi connectivity index (χ4n) is 3.82. The maximum absolute atomic E-state index is 12.4. The average Bonchev–Trinajstić information content (AvgIpc) is 3.31. The smallest absolute Gasteiger partial charge is 0.230 e. The summed E-state index contributed by atoms with van der Waals surface area (Å²) >= 11 is 3.22. The monoisotopic (exact) mass is 414 g/mol. The van der Waals surface area contributed by atoms with Gasteiger partial charge in [-0.15, -0.1) is 21.5 Å². The summed E-state index contributed by atoms with van der Waals surface area (Å²) < 4.78 is 3.41. The Morgan fingerprint density at radius 2 is 2.07 bits per heavy atom. The number of nitrogens with one attached hydrogen (secondary N) is 1. The fourth-order valence-corrected chi connectivity index (χ4v) is 5.53. The van der Waals surface area contributed by atoms with Crippen molar-refractivity contribution in [2.75, 3.05) is 5.75 Å². The SMILES string of the molecule is CCCn1c(SCC(=O)NC2CCCCC2)nnc1-c1csc2ccccc12. The van der Waals surface area contributed by atoms with E-state index in [4.69, 9.17) is 0 Å². The second kappa shape index (κ2) is 9.09. The minimum absolute atomic E-state index is 0.102. The lowest BCUT2D eigenvalue weighted by Crippen LogP contribution is -2.37. The molecule has 1 fully saturated rings. The van der Waals surface area contributed by atoms with Gasteiger partial charge >= 0.3 is 0 Å². The number of thiophene rings is 1. The molecule has 4 rings (SSSR count). The molecule has 0 atom stereocenters. The number of carbonyl (C=O) groups excluding carboxylic acids is 1. The molecule has 1 aliphatic carbocycles. The summed E-state index contributed by atoms with van der Waals surface area (Å²) in [6, 6.07) is 8.74. The van der Waals surface area contributed by atoms with Crippen LogP contribution in [0.3, 0.4) is 0 Å². The van der Waals surface area contributed by atoms with Gasteiger partial charge in [0.25, 0.3) is 0 Å². The van der Waals surface area contributed by atoms with Gasteiger partial charge in [-0.05, 0) is 25.3 Å². The van der Waals surface area contributed by atoms with E-state index in [-0.39, 0.29) is 5.91 Å². The number of amides is 1. The van der Waals surface area contributed by atoms with Gasteiger partial charge in [0.15, 0.2) is 11.0 Å². The molecule has 1 aliphatic rings. The zero-order chi connectivity index (χ0) is 19.3. The van der Waals surface area contributed by atoms with Crippen molar-refractivity contribution in [3.05, 3.63) is 29.6 Å². The van der Waals surface area contributed by atoms with E-state index < -0.39 is 0 Å². The van der Waals surface area contributed by atoms with Crippen LogP contribution in [0.25, 0.3) is 21.5 Å². The third-order valence-electron chi connectivity index (χ3n) is 5.19. The molecular formula is C21H26N4OS2. The van der Waals surface area contributed by atoms with Crippen LogP contribution < -0.4 is 5.32 Å². The molecule has 28 heavy (non-hydrogen) atoms. The lowest BCUT2D eigenvalue weighted by molar-refractivity contribution is -0.119. The average molecular weight is 415 g/mol. The Morgan fingerprint density at radius 3 is 2.89 bits per heavy atom. The highest BCUT2D eigenvalue weighted by molar-refractivity contribution is 7.99. The normalized spacial score (nSPS) is 15.2. The highest BCUT2D eigenvalue weighted by Crippen LogP contribution is 2.34. The van der Waals surface area contributed by atoms with Crippen LogP contribution in [0.1, 0.15) is 45.4 Å². The zero-order valence-electron chi connectivity index (χ0n) is 16.2. The molecule has 2 heterocycles. The second-order valence-electron chi connectivity index (χ2n) is 7.29. The van der Waals surface area contributed by atoms with Crippen LogP contribution in [0, 0.1) is 0 Å². The molecule has 1 amide bonds. The van der Waals surface area contributed by atoms with Crippen LogP contribution >= 0.6 is 23.1 Å². The van der Waals surface area contributed by atoms with Crippen LogP contribution in [0.15, 0.2) is 34.8 Å². The maximum Gasteiger partial charge on any atom is 0.230 e. The molecule has 0 unspecified atom stereocenters. The molecule has 0 aliphatic heterocycles. The molecule has 0 radical (unpaired) electrons. The van der Waals surface area contributed by atoms with Gasteiger partial charge in [-0.3, -0.25) is 4.79 Å². The highest BCUT2D eigenvalue weighted by Gasteiger charge is 2.19. The van der Waals surface area contributed by atoms with Crippen molar-refractivity contribution in [3.8, 4) is 11.4 Å². The number of benzene rings is 1. The van der Waals surface area contributed by atoms with Crippen LogP contribution in [0.4, 0.5) is 0 Å². The van der Waals surface area contributed by atoms with Crippen molar-refractivity contribution >= 4 is 39.1 Å². The molecule has 1 saturated carbocycles. The third-order valence-corrected chi connectivity index (χ3v) is 7.12. The first-order valence-corrected chi connectivity index (χ1v) is 11.9. The first-order chi connectivity index (χ1) is 13.8. The summed E-state index contributed by atoms with van der Waals surface area (Å²) in [4.78, 5) is 12.4. The van der Waals surface area contributed by atoms with E-state index in [0.717, 1.165) is 42.4 Å². The van der Waals surface area contributed by atoms with Crippen molar-refractivity contribution < 1.29 is 4.79 Å². The number of hydrogen-bond acceptors (Lipinski definition) is 5. The minimum Gasteiger partial charge on any atom is -0.353 e. The van der Waals surface area contributed by atoms with E-state index in [0.29, 0.717) is 11.8 Å². The number of aromatic nitrogens is 3. The van der Waals surface area contributed by atoms with Crippen molar-refractivity contribution in [1.29, 1.82) is 0 Å². The predicted molar refractivity (Wildman–Crippen MR) is 117 cm³/mol. The molecule has 7 heteroatoms. The van der Waals surface area contributed by atoms with Crippen LogP contribution in [0.5, 0.6) is 0 Å². The van der Waals surface area contributed by atoms with Gasteiger partial charge < -0.3 is 9.88 Å². The van der Waals surface area contributed by atoms with Gasteiger partial charge in [-0.25, -0.2) is 0 Å². The Kier molecular flexibility index (Phi) is 6.32. The van der Waals surface area contributed by atoms with E-state index in [2.05, 4.69) is 56.7 Å². The van der Waals surface area contributed by atoms with Gasteiger partial charge in [0, 0.05) is 33.6 Å². The molecule has 3 aromatic rings. The molecule has 0 spiro atoms. The molecule has 0 saturated heterocycles. The summed E-state index contributed by atoms with van der Waals surface area (Å²) in [6.07, 6.45) is 6.95. The molecular weight excluding hydrogens is 388 g/mol. The molecule has 0 bridgehead atoms. The molecule has 148 valence electrons. The Labute approximate surface area is 173 Å². The van der Waals surface area contributed by atoms with Crippen LogP contribution in [-0.4, -0.2) is 32.5 Å². The van der Waals surface area contributed by atoms with Crippen LogP contribution in [-0.2, 0) is 11.3 Å². The Morgan fingerprint density at radius 1 is 1.25 bits per heavy atom. The van der Waals surface area contributed by atoms with Gasteiger partial charge in [0.05, 0.1) is 5.75 Å². The number of rotatable bonds is 7. The lowest BCUT2D eigenvalue weighted by Gasteiger charge is -2.22. The first-order valence-electron chi connectivity index (χ1n) is 10.1. The van der Waals surface area contributed by atoms with Crippen molar-refractivity contribution in [3.63, 3.8) is 0 Å². The van der Waals surface area contributed by atoms with Gasteiger partial charge in [-0.1, -0.05) is 56.1 Å².